The highest BCUT2D eigenvalue weighted by atomic mass is 79.9. The fraction of sp³-hybridized carbons (Fsp3) is 0.214. The predicted octanol–water partition coefficient (Wildman–Crippen LogP) is 5.04. The third-order valence-corrected chi connectivity index (χ3v) is 3.28. The third kappa shape index (κ3) is 3.50. The topological polar surface area (TPSA) is 24.9 Å². The normalized spacial score (nSPS) is 13.1. The smallest absolute Gasteiger partial charge is 0.376 e. The summed E-state index contributed by atoms with van der Waals surface area (Å²) in [4.78, 5) is 4.13. The molecule has 2 rings (SSSR count). The fourth-order valence-electron chi connectivity index (χ4n) is 1.82. The van der Waals surface area contributed by atoms with E-state index in [-0.39, 0.29) is 11.7 Å². The van der Waals surface area contributed by atoms with Crippen molar-refractivity contribution >= 4 is 21.6 Å². The lowest BCUT2D eigenvalue weighted by Gasteiger charge is -2.19. The molecule has 0 aliphatic heterocycles. The second-order valence-corrected chi connectivity index (χ2v) is 5.22. The zero-order chi connectivity index (χ0) is 14.8. The minimum atomic E-state index is -4.41. The highest BCUT2D eigenvalue weighted by molar-refractivity contribution is 9.10. The lowest BCUT2D eigenvalue weighted by Crippen LogP contribution is -2.14. The maximum absolute atomic E-state index is 13.0. The second kappa shape index (κ2) is 5.83. The Balaban J connectivity index is 2.30. The summed E-state index contributed by atoms with van der Waals surface area (Å²) >= 11 is 3.06. The number of pyridine rings is 1. The molecule has 2 nitrogen and oxygen atoms in total. The van der Waals surface area contributed by atoms with Crippen molar-refractivity contribution < 1.29 is 13.2 Å². The monoisotopic (exact) mass is 344 g/mol. The van der Waals surface area contributed by atoms with Crippen molar-refractivity contribution in [2.45, 2.75) is 19.1 Å². The van der Waals surface area contributed by atoms with Crippen LogP contribution in [0.15, 0.2) is 47.1 Å². The van der Waals surface area contributed by atoms with Gasteiger partial charge >= 0.3 is 6.18 Å². The zero-order valence-electron chi connectivity index (χ0n) is 10.6. The Morgan fingerprint density at radius 3 is 2.55 bits per heavy atom. The van der Waals surface area contributed by atoms with E-state index in [2.05, 4.69) is 26.2 Å². The van der Waals surface area contributed by atoms with Gasteiger partial charge < -0.3 is 5.32 Å². The molecule has 0 fully saturated rings. The molecule has 1 atom stereocenters. The summed E-state index contributed by atoms with van der Waals surface area (Å²) in [6, 6.07) is 9.05. The molecule has 1 aromatic carbocycles. The van der Waals surface area contributed by atoms with E-state index in [9.17, 15) is 13.2 Å². The van der Waals surface area contributed by atoms with Gasteiger partial charge in [0.15, 0.2) is 0 Å². The van der Waals surface area contributed by atoms with Gasteiger partial charge in [0, 0.05) is 16.4 Å². The number of halogens is 4. The molecule has 20 heavy (non-hydrogen) atoms. The van der Waals surface area contributed by atoms with Crippen LogP contribution in [0.25, 0.3) is 0 Å². The molecule has 0 aliphatic carbocycles. The maximum Gasteiger partial charge on any atom is 0.418 e. The predicted molar refractivity (Wildman–Crippen MR) is 75.4 cm³/mol. The van der Waals surface area contributed by atoms with Crippen LogP contribution in [0, 0.1) is 0 Å². The minimum absolute atomic E-state index is 0.0406. The second-order valence-electron chi connectivity index (χ2n) is 4.31. The van der Waals surface area contributed by atoms with Gasteiger partial charge in [0.1, 0.15) is 0 Å². The first kappa shape index (κ1) is 14.8. The molecule has 1 unspecified atom stereocenters. The maximum atomic E-state index is 13.0. The summed E-state index contributed by atoms with van der Waals surface area (Å²) < 4.78 is 39.4. The van der Waals surface area contributed by atoms with Crippen LogP contribution >= 0.6 is 15.9 Å². The molecule has 1 N–H and O–H groups in total. The van der Waals surface area contributed by atoms with Gasteiger partial charge in [-0.1, -0.05) is 22.0 Å². The number of nitrogens with one attached hydrogen (secondary N) is 1. The van der Waals surface area contributed by atoms with Crippen LogP contribution in [0.5, 0.6) is 0 Å². The van der Waals surface area contributed by atoms with Crippen molar-refractivity contribution in [3.63, 3.8) is 0 Å². The number of nitrogens with zero attached hydrogens (tertiary/aromatic N) is 1. The molecular weight excluding hydrogens is 333 g/mol. The van der Waals surface area contributed by atoms with E-state index in [1.165, 1.54) is 6.07 Å². The van der Waals surface area contributed by atoms with E-state index in [0.717, 1.165) is 6.07 Å². The molecule has 2 aromatic rings. The molecule has 1 aromatic heterocycles. The first-order chi connectivity index (χ1) is 9.38. The van der Waals surface area contributed by atoms with Crippen molar-refractivity contribution in [3.05, 3.63) is 58.3 Å². The first-order valence-corrected chi connectivity index (χ1v) is 6.71. The summed E-state index contributed by atoms with van der Waals surface area (Å²) in [5.74, 6) is 0. The van der Waals surface area contributed by atoms with E-state index in [4.69, 9.17) is 0 Å². The highest BCUT2D eigenvalue weighted by Crippen LogP contribution is 2.37. The van der Waals surface area contributed by atoms with Crippen LogP contribution in [0.4, 0.5) is 18.9 Å². The van der Waals surface area contributed by atoms with Crippen molar-refractivity contribution in [2.24, 2.45) is 0 Å². The van der Waals surface area contributed by atoms with Crippen LogP contribution in [0.2, 0.25) is 0 Å². The summed E-state index contributed by atoms with van der Waals surface area (Å²) in [5, 5.41) is 2.86. The van der Waals surface area contributed by atoms with Gasteiger partial charge in [-0.15, -0.1) is 0 Å². The third-order valence-electron chi connectivity index (χ3n) is 2.79. The first-order valence-electron chi connectivity index (χ1n) is 5.92. The number of anilines is 1. The Morgan fingerprint density at radius 1 is 1.20 bits per heavy atom. The van der Waals surface area contributed by atoms with Crippen molar-refractivity contribution in [1.82, 2.24) is 4.98 Å². The van der Waals surface area contributed by atoms with Gasteiger partial charge in [-0.25, -0.2) is 0 Å². The van der Waals surface area contributed by atoms with E-state index < -0.39 is 11.7 Å². The number of aromatic nitrogens is 1. The Kier molecular flexibility index (Phi) is 4.32. The van der Waals surface area contributed by atoms with Gasteiger partial charge in [-0.3, -0.25) is 4.98 Å². The standard InChI is InChI=1S/C14H12BrF3N2/c1-9(12-4-2-3-7-19-12)20-13-6-5-10(15)8-11(13)14(16,17)18/h2-9,20H,1H3. The van der Waals surface area contributed by atoms with Crippen LogP contribution in [0.3, 0.4) is 0 Å². The number of alkyl halides is 3. The molecule has 1 heterocycles. The van der Waals surface area contributed by atoms with Crippen LogP contribution < -0.4 is 5.32 Å². The van der Waals surface area contributed by atoms with Gasteiger partial charge in [0.25, 0.3) is 0 Å². The molecule has 0 aliphatic rings. The van der Waals surface area contributed by atoms with Crippen molar-refractivity contribution in [2.75, 3.05) is 5.32 Å². The quantitative estimate of drug-likeness (QED) is 0.843. The average Bonchev–Trinajstić information content (AvgIpc) is 2.40. The SMILES string of the molecule is CC(Nc1ccc(Br)cc1C(F)(F)F)c1ccccn1. The van der Waals surface area contributed by atoms with E-state index in [0.29, 0.717) is 10.2 Å². The molecule has 0 saturated heterocycles. The highest BCUT2D eigenvalue weighted by Gasteiger charge is 2.34. The van der Waals surface area contributed by atoms with Crippen LogP contribution in [-0.4, -0.2) is 4.98 Å². The van der Waals surface area contributed by atoms with E-state index >= 15 is 0 Å². The van der Waals surface area contributed by atoms with E-state index in [1.807, 2.05) is 0 Å². The molecule has 0 amide bonds. The molecular formula is C14H12BrF3N2. The lowest BCUT2D eigenvalue weighted by molar-refractivity contribution is -0.137. The Morgan fingerprint density at radius 2 is 1.95 bits per heavy atom. The summed E-state index contributed by atoms with van der Waals surface area (Å²) in [6.45, 7) is 1.77. The molecule has 0 radical (unpaired) electrons. The Labute approximate surface area is 123 Å². The molecule has 0 saturated carbocycles. The fourth-order valence-corrected chi connectivity index (χ4v) is 2.18. The average molecular weight is 345 g/mol. The summed E-state index contributed by atoms with van der Waals surface area (Å²) in [7, 11) is 0. The zero-order valence-corrected chi connectivity index (χ0v) is 12.2. The van der Waals surface area contributed by atoms with Crippen LogP contribution in [0.1, 0.15) is 24.2 Å². The Bertz CT molecular complexity index is 585. The molecule has 0 bridgehead atoms. The van der Waals surface area contributed by atoms with Crippen molar-refractivity contribution in [3.8, 4) is 0 Å². The summed E-state index contributed by atoms with van der Waals surface area (Å²) in [6.07, 6.45) is -2.80. The lowest BCUT2D eigenvalue weighted by atomic mass is 10.1. The molecule has 106 valence electrons. The van der Waals surface area contributed by atoms with Crippen molar-refractivity contribution in [1.29, 1.82) is 0 Å². The molecule has 6 heteroatoms. The van der Waals surface area contributed by atoms with Crippen LogP contribution in [-0.2, 0) is 6.18 Å². The van der Waals surface area contributed by atoms with E-state index in [1.54, 1.807) is 37.4 Å². The number of rotatable bonds is 3. The number of hydrogen-bond donors (Lipinski definition) is 1. The van der Waals surface area contributed by atoms with Gasteiger partial charge in [0.05, 0.1) is 17.3 Å². The van der Waals surface area contributed by atoms with Gasteiger partial charge in [-0.2, -0.15) is 13.2 Å². The summed E-state index contributed by atoms with van der Waals surface area (Å²) in [5.41, 5.74) is 0.0250. The number of benzene rings is 1. The molecule has 0 spiro atoms. The Hall–Kier alpha value is -1.56. The van der Waals surface area contributed by atoms with Gasteiger partial charge in [-0.05, 0) is 37.3 Å². The minimum Gasteiger partial charge on any atom is -0.376 e. The number of hydrogen-bond acceptors (Lipinski definition) is 2. The largest absolute Gasteiger partial charge is 0.418 e. The van der Waals surface area contributed by atoms with Gasteiger partial charge in [0.2, 0.25) is 0 Å².